The first-order valence-electron chi connectivity index (χ1n) is 7.82. The number of hydrogen-bond acceptors (Lipinski definition) is 6. The average molecular weight is 340 g/mol. The molecule has 0 unspecified atom stereocenters. The molecule has 0 aliphatic rings. The highest BCUT2D eigenvalue weighted by Crippen LogP contribution is 2.17. The quantitative estimate of drug-likeness (QED) is 0.594. The molecule has 0 radical (unpaired) electrons. The van der Waals surface area contributed by atoms with Crippen LogP contribution in [-0.4, -0.2) is 35.0 Å². The zero-order valence-electron chi connectivity index (χ0n) is 14.2. The molecule has 0 saturated carbocycles. The molecule has 0 aliphatic carbocycles. The monoisotopic (exact) mass is 340 g/mol. The maximum atomic E-state index is 12.0. The number of carbonyl (C=O) groups is 2. The maximum absolute atomic E-state index is 12.0. The number of ether oxygens (including phenoxy) is 1. The van der Waals surface area contributed by atoms with Gasteiger partial charge in [-0.3, -0.25) is 4.79 Å². The van der Waals surface area contributed by atoms with E-state index in [1.807, 2.05) is 0 Å². The molecule has 0 aliphatic heterocycles. The molecule has 25 heavy (non-hydrogen) atoms. The van der Waals surface area contributed by atoms with Gasteiger partial charge in [0.2, 0.25) is 0 Å². The molecule has 0 atom stereocenters. The van der Waals surface area contributed by atoms with E-state index < -0.39 is 0 Å². The van der Waals surface area contributed by atoms with Gasteiger partial charge in [0.15, 0.2) is 0 Å². The first-order valence-corrected chi connectivity index (χ1v) is 7.82. The molecule has 2 rings (SSSR count). The Morgan fingerprint density at radius 3 is 2.60 bits per heavy atom. The van der Waals surface area contributed by atoms with Gasteiger partial charge in [0.1, 0.15) is 17.3 Å². The van der Waals surface area contributed by atoms with Crippen LogP contribution in [0, 0.1) is 6.92 Å². The Hall–Kier alpha value is -3.22. The first-order chi connectivity index (χ1) is 12.0. The fourth-order valence-corrected chi connectivity index (χ4v) is 2.06. The molecule has 0 saturated heterocycles. The molecule has 2 aromatic rings. The second kappa shape index (κ2) is 8.58. The minimum atomic E-state index is -0.367. The summed E-state index contributed by atoms with van der Waals surface area (Å²) in [6, 6.07) is 8.35. The van der Waals surface area contributed by atoms with Crippen LogP contribution in [-0.2, 0) is 4.74 Å². The minimum absolute atomic E-state index is 0.264. The number of nitrogens with zero attached hydrogens (tertiary/aromatic N) is 2. The second-order valence-electron chi connectivity index (χ2n) is 5.11. The second-order valence-corrected chi connectivity index (χ2v) is 5.11. The summed E-state index contributed by atoms with van der Waals surface area (Å²) in [5, 5.41) is 5.76. The number of hydrogen-bond donors (Lipinski definition) is 2. The van der Waals surface area contributed by atoms with Gasteiger partial charge in [0, 0.05) is 18.3 Å². The summed E-state index contributed by atoms with van der Waals surface area (Å²) >= 11 is 0. The molecule has 2 N–H and O–H groups in total. The summed E-state index contributed by atoms with van der Waals surface area (Å²) in [4.78, 5) is 32.1. The highest BCUT2D eigenvalue weighted by Gasteiger charge is 2.10. The summed E-state index contributed by atoms with van der Waals surface area (Å²) in [6.07, 6.45) is 1.59. The largest absolute Gasteiger partial charge is 0.462 e. The molecule has 1 aromatic carbocycles. The number of rotatable bonds is 7. The summed E-state index contributed by atoms with van der Waals surface area (Å²) in [6.45, 7) is 7.71. The number of aryl methyl sites for hydroxylation is 1. The van der Waals surface area contributed by atoms with Crippen molar-refractivity contribution in [3.8, 4) is 0 Å². The molecule has 0 bridgehead atoms. The Morgan fingerprint density at radius 1 is 1.24 bits per heavy atom. The van der Waals surface area contributed by atoms with Crippen molar-refractivity contribution in [1.29, 1.82) is 0 Å². The Balaban J connectivity index is 2.14. The van der Waals surface area contributed by atoms with E-state index in [1.165, 1.54) is 0 Å². The third kappa shape index (κ3) is 5.13. The summed E-state index contributed by atoms with van der Waals surface area (Å²) in [7, 11) is 0. The van der Waals surface area contributed by atoms with Crippen LogP contribution < -0.4 is 10.6 Å². The normalized spacial score (nSPS) is 10.0. The third-order valence-electron chi connectivity index (χ3n) is 3.15. The van der Waals surface area contributed by atoms with Gasteiger partial charge in [-0.1, -0.05) is 6.08 Å². The maximum Gasteiger partial charge on any atom is 0.338 e. The predicted molar refractivity (Wildman–Crippen MR) is 95.0 cm³/mol. The van der Waals surface area contributed by atoms with E-state index in [0.717, 1.165) is 5.69 Å². The average Bonchev–Trinajstić information content (AvgIpc) is 2.60. The Kier molecular flexibility index (Phi) is 6.22. The lowest BCUT2D eigenvalue weighted by atomic mass is 10.2. The van der Waals surface area contributed by atoms with Crippen LogP contribution in [0.5, 0.6) is 0 Å². The van der Waals surface area contributed by atoms with E-state index >= 15 is 0 Å². The molecule has 1 heterocycles. The van der Waals surface area contributed by atoms with Gasteiger partial charge < -0.3 is 15.4 Å². The zero-order valence-corrected chi connectivity index (χ0v) is 14.2. The Labute approximate surface area is 146 Å². The van der Waals surface area contributed by atoms with Crippen molar-refractivity contribution in [1.82, 2.24) is 15.3 Å². The van der Waals surface area contributed by atoms with Crippen LogP contribution in [0.4, 0.5) is 11.5 Å². The number of carbonyl (C=O) groups excluding carboxylic acids is 2. The lowest BCUT2D eigenvalue weighted by molar-refractivity contribution is 0.0526. The van der Waals surface area contributed by atoms with E-state index in [0.29, 0.717) is 30.4 Å². The molecular weight excluding hydrogens is 320 g/mol. The van der Waals surface area contributed by atoms with Crippen LogP contribution in [0.25, 0.3) is 0 Å². The fourth-order valence-electron chi connectivity index (χ4n) is 2.06. The van der Waals surface area contributed by atoms with Crippen LogP contribution >= 0.6 is 0 Å². The number of esters is 1. The number of amides is 1. The zero-order chi connectivity index (χ0) is 18.2. The van der Waals surface area contributed by atoms with Crippen molar-refractivity contribution in [2.45, 2.75) is 13.8 Å². The number of nitrogens with one attached hydrogen (secondary N) is 2. The molecule has 7 heteroatoms. The number of anilines is 2. The van der Waals surface area contributed by atoms with Crippen LogP contribution in [0.2, 0.25) is 0 Å². The summed E-state index contributed by atoms with van der Waals surface area (Å²) < 4.78 is 4.94. The highest BCUT2D eigenvalue weighted by atomic mass is 16.5. The molecule has 0 spiro atoms. The fraction of sp³-hybridized carbons (Fsp3) is 0.222. The van der Waals surface area contributed by atoms with Gasteiger partial charge >= 0.3 is 5.97 Å². The summed E-state index contributed by atoms with van der Waals surface area (Å²) in [5.74, 6) is 0.288. The minimum Gasteiger partial charge on any atom is -0.462 e. The number of aromatic nitrogens is 2. The molecular formula is C18H20N4O3. The van der Waals surface area contributed by atoms with E-state index in [4.69, 9.17) is 4.74 Å². The third-order valence-corrected chi connectivity index (χ3v) is 3.15. The van der Waals surface area contributed by atoms with Crippen molar-refractivity contribution < 1.29 is 14.3 Å². The van der Waals surface area contributed by atoms with Gasteiger partial charge in [-0.25, -0.2) is 14.8 Å². The van der Waals surface area contributed by atoms with Gasteiger partial charge in [-0.2, -0.15) is 0 Å². The smallest absolute Gasteiger partial charge is 0.338 e. The van der Waals surface area contributed by atoms with E-state index in [9.17, 15) is 9.59 Å². The predicted octanol–water partition coefficient (Wildman–Crippen LogP) is 2.62. The standard InChI is InChI=1S/C18H20N4O3/c1-4-10-19-17(23)15-11-16(21-12(3)20-15)22-14-8-6-13(7-9-14)18(24)25-5-2/h4,6-9,11H,1,5,10H2,2-3H3,(H,19,23)(H,20,21,22). The van der Waals surface area contributed by atoms with Crippen molar-refractivity contribution in [3.63, 3.8) is 0 Å². The highest BCUT2D eigenvalue weighted by molar-refractivity contribution is 5.93. The molecule has 0 fully saturated rings. The van der Waals surface area contributed by atoms with Gasteiger partial charge in [-0.05, 0) is 38.1 Å². The van der Waals surface area contributed by atoms with Gasteiger partial charge in [0.05, 0.1) is 12.2 Å². The topological polar surface area (TPSA) is 93.2 Å². The SMILES string of the molecule is C=CCNC(=O)c1cc(Nc2ccc(C(=O)OCC)cc2)nc(C)n1. The van der Waals surface area contributed by atoms with E-state index in [-0.39, 0.29) is 17.6 Å². The van der Waals surface area contributed by atoms with Crippen molar-refractivity contribution in [3.05, 3.63) is 60.1 Å². The van der Waals surface area contributed by atoms with Crippen molar-refractivity contribution in [2.75, 3.05) is 18.5 Å². The lowest BCUT2D eigenvalue weighted by Crippen LogP contribution is -2.24. The van der Waals surface area contributed by atoms with Crippen molar-refractivity contribution in [2.24, 2.45) is 0 Å². The lowest BCUT2D eigenvalue weighted by Gasteiger charge is -2.09. The molecule has 7 nitrogen and oxygen atoms in total. The van der Waals surface area contributed by atoms with Gasteiger partial charge in [0.25, 0.3) is 5.91 Å². The molecule has 1 aromatic heterocycles. The van der Waals surface area contributed by atoms with Crippen LogP contribution in [0.15, 0.2) is 43.0 Å². The van der Waals surface area contributed by atoms with E-state index in [1.54, 1.807) is 50.3 Å². The van der Waals surface area contributed by atoms with Crippen molar-refractivity contribution >= 4 is 23.4 Å². The van der Waals surface area contributed by atoms with Crippen LogP contribution in [0.1, 0.15) is 33.6 Å². The van der Waals surface area contributed by atoms with E-state index in [2.05, 4.69) is 27.2 Å². The van der Waals surface area contributed by atoms with Gasteiger partial charge in [-0.15, -0.1) is 6.58 Å². The first kappa shape index (κ1) is 18.1. The van der Waals surface area contributed by atoms with Crippen LogP contribution in [0.3, 0.4) is 0 Å². The number of benzene rings is 1. The molecule has 1 amide bonds. The summed E-state index contributed by atoms with van der Waals surface area (Å²) in [5.41, 5.74) is 1.46. The Morgan fingerprint density at radius 2 is 1.96 bits per heavy atom. The molecule has 130 valence electrons. The Bertz CT molecular complexity index is 772.